The number of hydrogen-bond acceptors (Lipinski definition) is 7. The van der Waals surface area contributed by atoms with Gasteiger partial charge in [-0.25, -0.2) is 4.79 Å². The van der Waals surface area contributed by atoms with E-state index in [-0.39, 0.29) is 24.7 Å². The van der Waals surface area contributed by atoms with Gasteiger partial charge >= 0.3 is 12.3 Å². The number of nitrogens with zero attached hydrogens (tertiary/aromatic N) is 3. The van der Waals surface area contributed by atoms with Crippen LogP contribution in [0.4, 0.5) is 18.0 Å². The molecule has 1 aromatic carbocycles. The lowest BCUT2D eigenvalue weighted by Gasteiger charge is -2.34. The summed E-state index contributed by atoms with van der Waals surface area (Å²) in [6.45, 7) is 8.11. The zero-order valence-corrected chi connectivity index (χ0v) is 22.4. The van der Waals surface area contributed by atoms with E-state index in [0.29, 0.717) is 42.9 Å². The lowest BCUT2D eigenvalue weighted by molar-refractivity contribution is -0.137. The van der Waals surface area contributed by atoms with Crippen molar-refractivity contribution >= 4 is 6.09 Å². The summed E-state index contributed by atoms with van der Waals surface area (Å²) in [5.41, 5.74) is 2.79. The van der Waals surface area contributed by atoms with Crippen molar-refractivity contribution in [3.8, 4) is 17.0 Å². The Balaban J connectivity index is 1.63. The molecule has 208 valence electrons. The summed E-state index contributed by atoms with van der Waals surface area (Å²) < 4.78 is 62.5. The van der Waals surface area contributed by atoms with Crippen molar-refractivity contribution in [1.82, 2.24) is 15.1 Å². The van der Waals surface area contributed by atoms with Gasteiger partial charge in [-0.05, 0) is 75.8 Å². The zero-order valence-electron chi connectivity index (χ0n) is 22.4. The molecule has 1 fully saturated rings. The van der Waals surface area contributed by atoms with Crippen molar-refractivity contribution < 1.29 is 36.9 Å². The van der Waals surface area contributed by atoms with Gasteiger partial charge in [-0.1, -0.05) is 0 Å². The van der Waals surface area contributed by atoms with Crippen molar-refractivity contribution in [3.63, 3.8) is 0 Å². The Bertz CT molecular complexity index is 1180. The first-order valence-electron chi connectivity index (χ1n) is 12.7. The maximum absolute atomic E-state index is 13.5. The number of fused-ring (bicyclic) bond motifs is 1. The molecule has 0 bridgehead atoms. The van der Waals surface area contributed by atoms with Crippen molar-refractivity contribution in [1.29, 1.82) is 0 Å². The molecule has 11 heteroatoms. The molecule has 2 heterocycles. The van der Waals surface area contributed by atoms with E-state index in [1.807, 2.05) is 20.8 Å². The molecule has 4 rings (SSSR count). The summed E-state index contributed by atoms with van der Waals surface area (Å²) in [5.74, 6) is 0.0546. The predicted molar refractivity (Wildman–Crippen MR) is 133 cm³/mol. The van der Waals surface area contributed by atoms with Crippen LogP contribution < -0.4 is 4.74 Å². The first-order chi connectivity index (χ1) is 17.9. The number of carbonyl (C=O) groups is 1. The van der Waals surface area contributed by atoms with Gasteiger partial charge in [0.05, 0.1) is 30.5 Å². The van der Waals surface area contributed by atoms with E-state index >= 15 is 0 Å². The van der Waals surface area contributed by atoms with Crippen LogP contribution in [-0.4, -0.2) is 66.5 Å². The van der Waals surface area contributed by atoms with Crippen LogP contribution in [0.15, 0.2) is 12.1 Å². The van der Waals surface area contributed by atoms with E-state index in [4.69, 9.17) is 18.9 Å². The average Bonchev–Trinajstić information content (AvgIpc) is 3.32. The molecule has 1 aromatic heterocycles. The highest BCUT2D eigenvalue weighted by Crippen LogP contribution is 2.42. The Kier molecular flexibility index (Phi) is 8.17. The van der Waals surface area contributed by atoms with Crippen molar-refractivity contribution in [2.75, 3.05) is 33.6 Å². The van der Waals surface area contributed by atoms with E-state index in [1.54, 1.807) is 11.8 Å². The van der Waals surface area contributed by atoms with Gasteiger partial charge in [0.25, 0.3) is 0 Å². The summed E-state index contributed by atoms with van der Waals surface area (Å²) in [4.78, 5) is 14.2. The smallest absolute Gasteiger partial charge is 0.416 e. The summed E-state index contributed by atoms with van der Waals surface area (Å²) in [5, 5.41) is 9.01. The number of aryl methyl sites for hydroxylation is 1. The van der Waals surface area contributed by atoms with Crippen LogP contribution >= 0.6 is 0 Å². The molecule has 2 aliphatic rings. The van der Waals surface area contributed by atoms with Gasteiger partial charge in [-0.2, -0.15) is 18.3 Å². The molecule has 1 aliphatic heterocycles. The summed E-state index contributed by atoms with van der Waals surface area (Å²) >= 11 is 0. The summed E-state index contributed by atoms with van der Waals surface area (Å²) in [6, 6.07) is 2.09. The third-order valence-corrected chi connectivity index (χ3v) is 6.53. The number of amides is 1. The highest BCUT2D eigenvalue weighted by atomic mass is 19.4. The topological polar surface area (TPSA) is 83.0 Å². The standard InChI is InChI=1S/C27H34F3N3O5/c1-16-11-17(27(28,29)30)12-22(37-15-35-5)23(16)24-20-8-6-7-19(20)21(31-32-24)13-18-14-33(9-10-36-18)25(34)38-26(2,3)4/h11-12,18H,6-10,13-15H2,1-5H3. The molecule has 38 heavy (non-hydrogen) atoms. The lowest BCUT2D eigenvalue weighted by atomic mass is 9.95. The first kappa shape index (κ1) is 28.1. The highest BCUT2D eigenvalue weighted by Gasteiger charge is 2.34. The minimum absolute atomic E-state index is 0.0546. The number of morpholine rings is 1. The molecule has 1 atom stereocenters. The van der Waals surface area contributed by atoms with E-state index in [0.717, 1.165) is 48.2 Å². The Morgan fingerprint density at radius 3 is 2.58 bits per heavy atom. The van der Waals surface area contributed by atoms with Crippen LogP contribution in [0.2, 0.25) is 0 Å². The second kappa shape index (κ2) is 11.1. The third kappa shape index (κ3) is 6.37. The SMILES string of the molecule is COCOc1cc(C(F)(F)F)cc(C)c1-c1nnc(CC2CN(C(=O)OC(C)(C)C)CCO2)c2c1CCC2. The van der Waals surface area contributed by atoms with Crippen LogP contribution in [0.5, 0.6) is 5.75 Å². The molecule has 0 N–H and O–H groups in total. The van der Waals surface area contributed by atoms with E-state index < -0.39 is 17.3 Å². The van der Waals surface area contributed by atoms with Crippen LogP contribution in [0.3, 0.4) is 0 Å². The number of ether oxygens (including phenoxy) is 4. The van der Waals surface area contributed by atoms with Crippen LogP contribution in [0, 0.1) is 6.92 Å². The van der Waals surface area contributed by atoms with Gasteiger partial charge in [0.1, 0.15) is 17.0 Å². The molecule has 1 aliphatic carbocycles. The van der Waals surface area contributed by atoms with Crippen molar-refractivity contribution in [2.24, 2.45) is 0 Å². The average molecular weight is 538 g/mol. The molecule has 2 aromatic rings. The Labute approximate surface area is 220 Å². The molecule has 0 saturated carbocycles. The fraction of sp³-hybridized carbons (Fsp3) is 0.593. The van der Waals surface area contributed by atoms with Crippen molar-refractivity contribution in [3.05, 3.63) is 40.1 Å². The fourth-order valence-electron chi connectivity index (χ4n) is 4.93. The Morgan fingerprint density at radius 1 is 1.16 bits per heavy atom. The van der Waals surface area contributed by atoms with Gasteiger partial charge in [0.15, 0.2) is 6.79 Å². The van der Waals surface area contributed by atoms with Crippen LogP contribution in [-0.2, 0) is 39.6 Å². The number of aromatic nitrogens is 2. The first-order valence-corrected chi connectivity index (χ1v) is 12.7. The molecule has 1 saturated heterocycles. The van der Waals surface area contributed by atoms with Crippen molar-refractivity contribution in [2.45, 2.75) is 71.3 Å². The number of halogens is 3. The van der Waals surface area contributed by atoms with Gasteiger partial charge in [-0.3, -0.25) is 0 Å². The number of methoxy groups -OCH3 is 1. The molecule has 0 spiro atoms. The fourth-order valence-corrected chi connectivity index (χ4v) is 4.93. The van der Waals surface area contributed by atoms with Gasteiger partial charge < -0.3 is 23.8 Å². The number of benzene rings is 1. The molecule has 1 amide bonds. The van der Waals surface area contributed by atoms with Gasteiger partial charge in [-0.15, -0.1) is 5.10 Å². The molecule has 8 nitrogen and oxygen atoms in total. The summed E-state index contributed by atoms with van der Waals surface area (Å²) in [6.07, 6.45) is -2.30. The molecule has 1 unspecified atom stereocenters. The quantitative estimate of drug-likeness (QED) is 0.473. The van der Waals surface area contributed by atoms with E-state index in [9.17, 15) is 18.0 Å². The second-order valence-electron chi connectivity index (χ2n) is 10.6. The third-order valence-electron chi connectivity index (χ3n) is 6.53. The second-order valence-corrected chi connectivity index (χ2v) is 10.6. The number of carbonyl (C=O) groups excluding carboxylic acids is 1. The number of rotatable bonds is 6. The Morgan fingerprint density at radius 2 is 1.89 bits per heavy atom. The lowest BCUT2D eigenvalue weighted by Crippen LogP contribution is -2.48. The van der Waals surface area contributed by atoms with E-state index in [1.165, 1.54) is 7.11 Å². The normalized spacial score (nSPS) is 17.9. The molecular formula is C27H34F3N3O5. The predicted octanol–water partition coefficient (Wildman–Crippen LogP) is 5.12. The maximum Gasteiger partial charge on any atom is 0.416 e. The Hall–Kier alpha value is -2.92. The number of alkyl halides is 3. The van der Waals surface area contributed by atoms with Crippen LogP contribution in [0.25, 0.3) is 11.3 Å². The largest absolute Gasteiger partial charge is 0.467 e. The van der Waals surface area contributed by atoms with E-state index in [2.05, 4.69) is 10.2 Å². The highest BCUT2D eigenvalue weighted by molar-refractivity contribution is 5.75. The molecule has 0 radical (unpaired) electrons. The maximum atomic E-state index is 13.5. The van der Waals surface area contributed by atoms with Gasteiger partial charge in [0, 0.05) is 25.6 Å². The zero-order chi connectivity index (χ0) is 27.7. The van der Waals surface area contributed by atoms with Crippen LogP contribution in [0.1, 0.15) is 55.1 Å². The monoisotopic (exact) mass is 537 g/mol. The minimum atomic E-state index is -4.51. The summed E-state index contributed by atoms with van der Waals surface area (Å²) in [7, 11) is 1.41. The number of hydrogen-bond donors (Lipinski definition) is 0. The van der Waals surface area contributed by atoms with Gasteiger partial charge in [0.2, 0.25) is 0 Å². The minimum Gasteiger partial charge on any atom is -0.467 e. The molecular weight excluding hydrogens is 503 g/mol.